The average Bonchev–Trinajstić information content (AvgIpc) is 3.55. The first-order chi connectivity index (χ1) is 17.6. The van der Waals surface area contributed by atoms with Crippen LogP contribution in [0.15, 0.2) is 41.0 Å². The third-order valence-electron chi connectivity index (χ3n) is 9.71. The average molecular weight is 632 g/mol. The number of aliphatic hydroxyl groups excluding tert-OH is 1. The molecule has 2 N–H and O–H groups in total. The first kappa shape index (κ1) is 25.8. The molecule has 7 heteroatoms. The molecule has 1 amide bonds. The van der Waals surface area contributed by atoms with Crippen LogP contribution in [0.2, 0.25) is 0 Å². The van der Waals surface area contributed by atoms with Crippen LogP contribution in [0.25, 0.3) is 10.4 Å². The topological polar surface area (TPSA) is 65.5 Å². The summed E-state index contributed by atoms with van der Waals surface area (Å²) in [7, 11) is 0. The molecule has 1 aromatic carbocycles. The Morgan fingerprint density at radius 2 is 2.00 bits per heavy atom. The monoisotopic (exact) mass is 631 g/mol. The molecule has 37 heavy (non-hydrogen) atoms. The van der Waals surface area contributed by atoms with Crippen LogP contribution in [0.3, 0.4) is 0 Å². The highest BCUT2D eigenvalue weighted by Gasteiger charge is 2.94. The Hall–Kier alpha value is -1.45. The second-order valence-electron chi connectivity index (χ2n) is 12.7. The fraction of sp³-hybridized carbons (Fsp3) is 0.600. The van der Waals surface area contributed by atoms with Crippen LogP contribution >= 0.6 is 33.9 Å². The lowest BCUT2D eigenvalue weighted by Crippen LogP contribution is -2.52. The van der Waals surface area contributed by atoms with Gasteiger partial charge in [-0.25, -0.2) is 4.98 Å². The second-order valence-corrected chi connectivity index (χ2v) is 14.3. The van der Waals surface area contributed by atoms with Gasteiger partial charge in [-0.2, -0.15) is 0 Å². The summed E-state index contributed by atoms with van der Waals surface area (Å²) in [5.74, 6) is 0.800. The molecular formula is C30H38IN3O2S. The molecule has 5 atom stereocenters. The Bertz CT molecular complexity index is 1240. The van der Waals surface area contributed by atoms with E-state index in [-0.39, 0.29) is 28.2 Å². The smallest absolute Gasteiger partial charge is 0.230 e. The molecule has 1 saturated heterocycles. The van der Waals surface area contributed by atoms with Gasteiger partial charge in [0.1, 0.15) is 0 Å². The van der Waals surface area contributed by atoms with Gasteiger partial charge in [-0.3, -0.25) is 4.79 Å². The molecule has 0 bridgehead atoms. The Morgan fingerprint density at radius 3 is 2.51 bits per heavy atom. The third kappa shape index (κ3) is 3.85. The number of alkyl halides is 1. The summed E-state index contributed by atoms with van der Waals surface area (Å²) in [6, 6.07) is 8.68. The summed E-state index contributed by atoms with van der Waals surface area (Å²) in [6.07, 6.45) is 4.73. The molecule has 3 aliphatic carbocycles. The van der Waals surface area contributed by atoms with Crippen LogP contribution < -0.4 is 5.32 Å². The molecule has 3 saturated carbocycles. The number of carbonyl (C=O) groups excluding carboxylic acids is 1. The van der Waals surface area contributed by atoms with E-state index in [1.54, 1.807) is 11.3 Å². The standard InChI is InChI=1S/C30H38IN3O2S/c1-18-26(37-17-33-18)21-10-8-19(9-11-21)14-32-25(20-6-5-7-20)23-12-22(35)15-34(23)27(36)30(28(2,3)4)24-13-29(24,30)16-31/h8-11,17,22-24,32,35H,5-7,12-16H2,1-4H3/t22-,23-,24?,29?,30?/m0/s1. The van der Waals surface area contributed by atoms with E-state index in [9.17, 15) is 9.90 Å². The highest BCUT2D eigenvalue weighted by atomic mass is 127. The van der Waals surface area contributed by atoms with Crippen molar-refractivity contribution in [2.45, 2.75) is 78.5 Å². The number of hydrogen-bond donors (Lipinski definition) is 2. The molecule has 1 aliphatic heterocycles. The van der Waals surface area contributed by atoms with Crippen molar-refractivity contribution in [1.29, 1.82) is 0 Å². The molecule has 4 aliphatic rings. The van der Waals surface area contributed by atoms with Crippen LogP contribution in [0.5, 0.6) is 0 Å². The predicted octanol–water partition coefficient (Wildman–Crippen LogP) is 6.10. The lowest BCUT2D eigenvalue weighted by atomic mass is 9.67. The third-order valence-corrected chi connectivity index (χ3v) is 12.1. The van der Waals surface area contributed by atoms with Crippen molar-refractivity contribution in [1.82, 2.24) is 15.2 Å². The molecule has 2 aromatic rings. The van der Waals surface area contributed by atoms with Gasteiger partial charge in [0.05, 0.1) is 33.6 Å². The number of rotatable bonds is 7. The number of aromatic nitrogens is 1. The molecule has 3 unspecified atom stereocenters. The predicted molar refractivity (Wildman–Crippen MR) is 157 cm³/mol. The quantitative estimate of drug-likeness (QED) is 0.287. The number of aryl methyl sites for hydroxylation is 1. The number of benzene rings is 1. The highest BCUT2D eigenvalue weighted by Crippen LogP contribution is 2.93. The second kappa shape index (κ2) is 9.05. The molecule has 6 rings (SSSR count). The first-order valence-electron chi connectivity index (χ1n) is 13.6. The van der Waals surface area contributed by atoms with Gasteiger partial charge in [0.25, 0.3) is 0 Å². The van der Waals surface area contributed by atoms with E-state index < -0.39 is 6.10 Å². The van der Waals surface area contributed by atoms with Crippen molar-refractivity contribution in [3.63, 3.8) is 0 Å². The Labute approximate surface area is 238 Å². The fourth-order valence-corrected chi connectivity index (χ4v) is 9.82. The summed E-state index contributed by atoms with van der Waals surface area (Å²) in [4.78, 5) is 22.1. The van der Waals surface area contributed by atoms with E-state index in [1.807, 2.05) is 5.51 Å². The Morgan fingerprint density at radius 1 is 1.27 bits per heavy atom. The van der Waals surface area contributed by atoms with Gasteiger partial charge in [-0.15, -0.1) is 11.3 Å². The van der Waals surface area contributed by atoms with Crippen LogP contribution in [-0.2, 0) is 11.3 Å². The number of β-amino-alcohol motifs (C(OH)–C–C–N with tert-alkyl or cyclic N) is 1. The molecule has 4 fully saturated rings. The molecular weight excluding hydrogens is 593 g/mol. The molecule has 1 aromatic heterocycles. The minimum absolute atomic E-state index is 0.0533. The zero-order valence-electron chi connectivity index (χ0n) is 22.3. The lowest BCUT2D eigenvalue weighted by molar-refractivity contribution is -0.147. The van der Waals surface area contributed by atoms with Crippen molar-refractivity contribution in [2.75, 3.05) is 11.0 Å². The van der Waals surface area contributed by atoms with Crippen molar-refractivity contribution in [3.8, 4) is 10.4 Å². The number of nitrogens with one attached hydrogen (secondary N) is 1. The van der Waals surface area contributed by atoms with E-state index >= 15 is 0 Å². The summed E-state index contributed by atoms with van der Waals surface area (Å²) in [5.41, 5.74) is 7.85. The number of halogens is 1. The van der Waals surface area contributed by atoms with Gasteiger partial charge in [-0.05, 0) is 66.1 Å². The van der Waals surface area contributed by atoms with Gasteiger partial charge in [0, 0.05) is 29.6 Å². The van der Waals surface area contributed by atoms with E-state index in [2.05, 4.69) is 89.8 Å². The van der Waals surface area contributed by atoms with Crippen molar-refractivity contribution in [3.05, 3.63) is 52.3 Å². The molecule has 2 heterocycles. The SMILES string of the molecule is Cc1ncsc1-c1ccc(CNC(=C2CCC2)[C@@H]2C[C@H](O)CN2C(=O)C2(C(C)(C)C)C3CC32CI)cc1. The minimum atomic E-state index is -0.462. The number of carbonyl (C=O) groups is 1. The van der Waals surface area contributed by atoms with E-state index in [0.717, 1.165) is 29.5 Å². The van der Waals surface area contributed by atoms with Crippen molar-refractivity contribution >= 4 is 39.8 Å². The zero-order chi connectivity index (χ0) is 26.2. The molecule has 5 nitrogen and oxygen atoms in total. The number of allylic oxidation sites excluding steroid dienone is 1. The summed E-state index contributed by atoms with van der Waals surface area (Å²) in [6.45, 7) is 9.96. The number of amides is 1. The number of aliphatic hydroxyl groups is 1. The highest BCUT2D eigenvalue weighted by molar-refractivity contribution is 14.1. The Balaban J connectivity index is 1.23. The van der Waals surface area contributed by atoms with Crippen LogP contribution in [-0.4, -0.2) is 44.0 Å². The Kier molecular flexibility index (Phi) is 6.31. The van der Waals surface area contributed by atoms with E-state index in [4.69, 9.17) is 0 Å². The fourth-order valence-electron chi connectivity index (χ4n) is 7.57. The number of nitrogens with zero attached hydrogens (tertiary/aromatic N) is 2. The van der Waals surface area contributed by atoms with E-state index in [0.29, 0.717) is 18.9 Å². The van der Waals surface area contributed by atoms with Gasteiger partial charge in [0.15, 0.2) is 0 Å². The van der Waals surface area contributed by atoms with Crippen LogP contribution in [0, 0.1) is 29.1 Å². The summed E-state index contributed by atoms with van der Waals surface area (Å²) >= 11 is 4.17. The maximum Gasteiger partial charge on any atom is 0.230 e. The zero-order valence-corrected chi connectivity index (χ0v) is 25.3. The van der Waals surface area contributed by atoms with Crippen LogP contribution in [0.1, 0.15) is 64.1 Å². The number of thiazole rings is 1. The van der Waals surface area contributed by atoms with Gasteiger partial charge >= 0.3 is 0 Å². The first-order valence-corrected chi connectivity index (χ1v) is 16.0. The van der Waals surface area contributed by atoms with Crippen molar-refractivity contribution in [2.24, 2.45) is 22.2 Å². The largest absolute Gasteiger partial charge is 0.391 e. The van der Waals surface area contributed by atoms with Crippen LogP contribution in [0.4, 0.5) is 0 Å². The van der Waals surface area contributed by atoms with Crippen molar-refractivity contribution < 1.29 is 9.90 Å². The maximum atomic E-state index is 14.4. The number of hydrogen-bond acceptors (Lipinski definition) is 5. The number of likely N-dealkylation sites (tertiary alicyclic amines) is 1. The molecule has 198 valence electrons. The minimum Gasteiger partial charge on any atom is -0.391 e. The lowest BCUT2D eigenvalue weighted by Gasteiger charge is -2.43. The van der Waals surface area contributed by atoms with E-state index in [1.165, 1.54) is 40.1 Å². The summed E-state index contributed by atoms with van der Waals surface area (Å²) < 4.78 is 1.04. The normalized spacial score (nSPS) is 32.1. The van der Waals surface area contributed by atoms with Gasteiger partial charge < -0.3 is 15.3 Å². The molecule has 0 radical (unpaired) electrons. The summed E-state index contributed by atoms with van der Waals surface area (Å²) in [5, 5.41) is 14.6. The van der Waals surface area contributed by atoms with Gasteiger partial charge in [0.2, 0.25) is 5.91 Å². The maximum absolute atomic E-state index is 14.4. The number of fused-ring (bicyclic) bond motifs is 1. The molecule has 0 spiro atoms. The van der Waals surface area contributed by atoms with Gasteiger partial charge in [-0.1, -0.05) is 67.6 Å².